The second kappa shape index (κ2) is 3.04. The fraction of sp³-hybridized carbons (Fsp3) is 1.00. The van der Waals surface area contributed by atoms with Crippen molar-refractivity contribution in [1.82, 2.24) is 0 Å². The maximum absolute atomic E-state index is 6.68. The minimum atomic E-state index is 0.128. The number of hydrogen-bond donors (Lipinski definition) is 0. The number of ether oxygens (including phenoxy) is 1. The monoisotopic (exact) mass is 222 g/mol. The molecule has 0 aromatic carbocycles. The first-order valence-electron chi connectivity index (χ1n) is 7.10. The van der Waals surface area contributed by atoms with E-state index >= 15 is 0 Å². The van der Waals surface area contributed by atoms with Gasteiger partial charge in [-0.25, -0.2) is 0 Å². The fourth-order valence-electron chi connectivity index (χ4n) is 4.99. The van der Waals surface area contributed by atoms with Gasteiger partial charge < -0.3 is 4.74 Å². The molecule has 4 atom stereocenters. The Morgan fingerprint density at radius 2 is 1.81 bits per heavy atom. The van der Waals surface area contributed by atoms with E-state index in [2.05, 4.69) is 27.7 Å². The summed E-state index contributed by atoms with van der Waals surface area (Å²) in [6, 6.07) is 0. The third-order valence-electron chi connectivity index (χ3n) is 6.21. The molecule has 2 aliphatic carbocycles. The van der Waals surface area contributed by atoms with Crippen LogP contribution in [0.3, 0.4) is 0 Å². The SMILES string of the molecule is C[C@@H]1CCC[C@]2(C)CC[C@@H]3C[C@]12OC3(C)C. The Morgan fingerprint density at radius 3 is 2.56 bits per heavy atom. The molecule has 3 aliphatic rings. The highest BCUT2D eigenvalue weighted by Gasteiger charge is 2.65. The number of fused-ring (bicyclic) bond motifs is 1. The van der Waals surface area contributed by atoms with Gasteiger partial charge in [0.05, 0.1) is 11.2 Å². The van der Waals surface area contributed by atoms with Crippen molar-refractivity contribution in [2.45, 2.75) is 77.4 Å². The fourth-order valence-corrected chi connectivity index (χ4v) is 4.99. The van der Waals surface area contributed by atoms with E-state index in [1.165, 1.54) is 38.5 Å². The quantitative estimate of drug-likeness (QED) is 0.598. The maximum Gasteiger partial charge on any atom is 0.0772 e. The zero-order valence-electron chi connectivity index (χ0n) is 11.3. The zero-order valence-corrected chi connectivity index (χ0v) is 11.3. The molecule has 92 valence electrons. The molecule has 3 rings (SSSR count). The summed E-state index contributed by atoms with van der Waals surface area (Å²) in [5, 5.41) is 0. The topological polar surface area (TPSA) is 9.23 Å². The van der Waals surface area contributed by atoms with Crippen LogP contribution in [0.15, 0.2) is 0 Å². The van der Waals surface area contributed by atoms with Crippen LogP contribution >= 0.6 is 0 Å². The smallest absolute Gasteiger partial charge is 0.0772 e. The molecule has 0 radical (unpaired) electrons. The molecule has 1 spiro atoms. The van der Waals surface area contributed by atoms with Gasteiger partial charge in [-0.1, -0.05) is 20.3 Å². The summed E-state index contributed by atoms with van der Waals surface area (Å²) < 4.78 is 6.68. The minimum Gasteiger partial charge on any atom is -0.368 e. The van der Waals surface area contributed by atoms with E-state index < -0.39 is 0 Å². The summed E-state index contributed by atoms with van der Waals surface area (Å²) in [5.74, 6) is 1.57. The first-order chi connectivity index (χ1) is 7.40. The van der Waals surface area contributed by atoms with Gasteiger partial charge in [0, 0.05) is 0 Å². The van der Waals surface area contributed by atoms with Crippen LogP contribution in [0.5, 0.6) is 0 Å². The van der Waals surface area contributed by atoms with Crippen LogP contribution in [-0.4, -0.2) is 11.2 Å². The minimum absolute atomic E-state index is 0.128. The van der Waals surface area contributed by atoms with Gasteiger partial charge in [0.1, 0.15) is 0 Å². The molecule has 1 heterocycles. The van der Waals surface area contributed by atoms with Crippen LogP contribution in [-0.2, 0) is 4.74 Å². The van der Waals surface area contributed by atoms with Crippen molar-refractivity contribution in [2.24, 2.45) is 17.3 Å². The van der Waals surface area contributed by atoms with E-state index in [4.69, 9.17) is 4.74 Å². The molecule has 16 heavy (non-hydrogen) atoms. The third kappa shape index (κ3) is 1.16. The van der Waals surface area contributed by atoms with E-state index in [0.717, 1.165) is 11.8 Å². The molecule has 3 fully saturated rings. The summed E-state index contributed by atoms with van der Waals surface area (Å²) in [6.45, 7) is 9.57. The van der Waals surface area contributed by atoms with E-state index in [9.17, 15) is 0 Å². The molecule has 0 N–H and O–H groups in total. The first-order valence-corrected chi connectivity index (χ1v) is 7.10. The van der Waals surface area contributed by atoms with Crippen LogP contribution in [0.2, 0.25) is 0 Å². The van der Waals surface area contributed by atoms with Crippen molar-refractivity contribution in [1.29, 1.82) is 0 Å². The molecule has 0 aromatic heterocycles. The van der Waals surface area contributed by atoms with Crippen molar-refractivity contribution in [2.75, 3.05) is 0 Å². The predicted octanol–water partition coefficient (Wildman–Crippen LogP) is 4.16. The number of hydrogen-bond acceptors (Lipinski definition) is 1. The summed E-state index contributed by atoms with van der Waals surface area (Å²) in [7, 11) is 0. The molecule has 0 aromatic rings. The van der Waals surface area contributed by atoms with Gasteiger partial charge >= 0.3 is 0 Å². The third-order valence-corrected chi connectivity index (χ3v) is 6.21. The van der Waals surface area contributed by atoms with Gasteiger partial charge in [0.2, 0.25) is 0 Å². The molecule has 0 amide bonds. The summed E-state index contributed by atoms with van der Waals surface area (Å²) >= 11 is 0. The Bertz CT molecular complexity index is 309. The highest BCUT2D eigenvalue weighted by molar-refractivity contribution is 5.14. The van der Waals surface area contributed by atoms with Gasteiger partial charge in [0.25, 0.3) is 0 Å². The average Bonchev–Trinajstić information content (AvgIpc) is 2.42. The number of rotatable bonds is 0. The Kier molecular flexibility index (Phi) is 2.11. The van der Waals surface area contributed by atoms with Gasteiger partial charge in [-0.15, -0.1) is 0 Å². The lowest BCUT2D eigenvalue weighted by atomic mass is 9.53. The van der Waals surface area contributed by atoms with Crippen LogP contribution in [0.1, 0.15) is 66.2 Å². The first kappa shape index (κ1) is 11.1. The Labute approximate surface area is 99.9 Å². The van der Waals surface area contributed by atoms with E-state index in [0.29, 0.717) is 5.41 Å². The highest BCUT2D eigenvalue weighted by Crippen LogP contribution is 2.65. The Balaban J connectivity index is 2.04. The molecule has 1 aliphatic heterocycles. The summed E-state index contributed by atoms with van der Waals surface area (Å²) in [4.78, 5) is 0. The molecule has 1 nitrogen and oxygen atoms in total. The van der Waals surface area contributed by atoms with E-state index in [1.807, 2.05) is 0 Å². The Morgan fingerprint density at radius 1 is 1.06 bits per heavy atom. The molecule has 2 bridgehead atoms. The van der Waals surface area contributed by atoms with Gasteiger partial charge in [-0.2, -0.15) is 0 Å². The lowest BCUT2D eigenvalue weighted by Gasteiger charge is -2.55. The summed E-state index contributed by atoms with van der Waals surface area (Å²) in [5.41, 5.74) is 0.815. The highest BCUT2D eigenvalue weighted by atomic mass is 16.5. The second-order valence-corrected chi connectivity index (χ2v) is 7.39. The van der Waals surface area contributed by atoms with Crippen molar-refractivity contribution >= 4 is 0 Å². The van der Waals surface area contributed by atoms with Gasteiger partial charge in [-0.3, -0.25) is 0 Å². The molecule has 1 heteroatoms. The standard InChI is InChI=1S/C15H26O/c1-11-6-5-8-14(4)9-7-12-10-15(11,14)16-13(12,2)3/h11-12H,5-10H2,1-4H3/t11-,12-,14-,15+/m1/s1. The lowest BCUT2D eigenvalue weighted by molar-refractivity contribution is -0.192. The van der Waals surface area contributed by atoms with Crippen molar-refractivity contribution in [3.63, 3.8) is 0 Å². The summed E-state index contributed by atoms with van der Waals surface area (Å²) in [6.07, 6.45) is 8.29. The molecular weight excluding hydrogens is 196 g/mol. The second-order valence-electron chi connectivity index (χ2n) is 7.39. The van der Waals surface area contributed by atoms with E-state index in [1.54, 1.807) is 0 Å². The maximum atomic E-state index is 6.68. The Hall–Kier alpha value is -0.0400. The van der Waals surface area contributed by atoms with Crippen LogP contribution in [0.4, 0.5) is 0 Å². The van der Waals surface area contributed by atoms with Gasteiger partial charge in [-0.05, 0) is 63.2 Å². The zero-order chi connectivity index (χ0) is 11.6. The molecule has 0 unspecified atom stereocenters. The normalized spacial score (nSPS) is 54.8. The molecule has 1 saturated heterocycles. The van der Waals surface area contributed by atoms with Crippen molar-refractivity contribution in [3.05, 3.63) is 0 Å². The van der Waals surface area contributed by atoms with Gasteiger partial charge in [0.15, 0.2) is 0 Å². The van der Waals surface area contributed by atoms with Crippen LogP contribution < -0.4 is 0 Å². The lowest BCUT2D eigenvalue weighted by Crippen LogP contribution is -2.55. The molecule has 2 saturated carbocycles. The van der Waals surface area contributed by atoms with E-state index in [-0.39, 0.29) is 11.2 Å². The average molecular weight is 222 g/mol. The molecular formula is C15H26O. The van der Waals surface area contributed by atoms with Crippen LogP contribution in [0.25, 0.3) is 0 Å². The largest absolute Gasteiger partial charge is 0.368 e. The predicted molar refractivity (Wildman–Crippen MR) is 66.4 cm³/mol. The van der Waals surface area contributed by atoms with Crippen molar-refractivity contribution < 1.29 is 4.74 Å². The van der Waals surface area contributed by atoms with Crippen molar-refractivity contribution in [3.8, 4) is 0 Å². The van der Waals surface area contributed by atoms with Crippen LogP contribution in [0, 0.1) is 17.3 Å².